The molecule has 3 nitrogen and oxygen atoms in total. The average molecular weight is 276 g/mol. The van der Waals surface area contributed by atoms with E-state index >= 15 is 0 Å². The second-order valence-electron chi connectivity index (χ2n) is 4.37. The summed E-state index contributed by atoms with van der Waals surface area (Å²) < 4.78 is 21.9. The normalized spacial score (nSPS) is 13.6. The number of nitrogens with two attached hydrogens (primary N) is 1. The number of rotatable bonds is 6. The van der Waals surface area contributed by atoms with Gasteiger partial charge in [-0.15, -0.1) is 0 Å². The van der Waals surface area contributed by atoms with Crippen molar-refractivity contribution in [1.82, 2.24) is 0 Å². The minimum Gasteiger partial charge on any atom is -0.327 e. The van der Waals surface area contributed by atoms with Gasteiger partial charge < -0.3 is 5.73 Å². The Kier molecular flexibility index (Phi) is 5.43. The standard InChI is InChI=1S/C12H18ClNO2S/c1-17(15,16)7-3-6-12(14)9-10-4-2-5-11(13)8-10/h2,4-5,8,12H,3,6-7,9,14H2,1H3/t12-/m1/s1. The summed E-state index contributed by atoms with van der Waals surface area (Å²) in [5, 5.41) is 0.700. The largest absolute Gasteiger partial charge is 0.327 e. The van der Waals surface area contributed by atoms with Gasteiger partial charge in [0.25, 0.3) is 0 Å². The molecule has 2 N–H and O–H groups in total. The molecule has 0 fully saturated rings. The number of hydrogen-bond donors (Lipinski definition) is 1. The van der Waals surface area contributed by atoms with E-state index in [0.29, 0.717) is 17.9 Å². The zero-order chi connectivity index (χ0) is 12.9. The fourth-order valence-corrected chi connectivity index (χ4v) is 2.58. The molecule has 0 radical (unpaired) electrons. The van der Waals surface area contributed by atoms with Crippen LogP contribution in [0.5, 0.6) is 0 Å². The predicted molar refractivity (Wildman–Crippen MR) is 72.1 cm³/mol. The Balaban J connectivity index is 2.37. The summed E-state index contributed by atoms with van der Waals surface area (Å²) in [4.78, 5) is 0. The fourth-order valence-electron chi connectivity index (χ4n) is 1.68. The summed E-state index contributed by atoms with van der Waals surface area (Å²) in [6.07, 6.45) is 3.29. The van der Waals surface area contributed by atoms with Crippen LogP contribution in [0.2, 0.25) is 5.02 Å². The summed E-state index contributed by atoms with van der Waals surface area (Å²) in [5.41, 5.74) is 7.03. The number of sulfone groups is 1. The molecule has 0 bridgehead atoms. The van der Waals surface area contributed by atoms with E-state index in [9.17, 15) is 8.42 Å². The van der Waals surface area contributed by atoms with Crippen LogP contribution in [0.3, 0.4) is 0 Å². The molecule has 0 aromatic heterocycles. The monoisotopic (exact) mass is 275 g/mol. The smallest absolute Gasteiger partial charge is 0.147 e. The van der Waals surface area contributed by atoms with Crippen LogP contribution in [0.15, 0.2) is 24.3 Å². The van der Waals surface area contributed by atoms with Crippen LogP contribution < -0.4 is 5.73 Å². The second-order valence-corrected chi connectivity index (χ2v) is 7.06. The maximum Gasteiger partial charge on any atom is 0.147 e. The van der Waals surface area contributed by atoms with Crippen LogP contribution in [-0.2, 0) is 16.3 Å². The van der Waals surface area contributed by atoms with Gasteiger partial charge in [0.05, 0.1) is 0 Å². The van der Waals surface area contributed by atoms with Gasteiger partial charge in [-0.1, -0.05) is 23.7 Å². The van der Waals surface area contributed by atoms with Crippen LogP contribution in [0.4, 0.5) is 0 Å². The molecule has 1 rings (SSSR count). The minimum atomic E-state index is -2.88. The molecule has 0 saturated carbocycles. The van der Waals surface area contributed by atoms with Crippen molar-refractivity contribution in [3.8, 4) is 0 Å². The summed E-state index contributed by atoms with van der Waals surface area (Å²) in [6, 6.07) is 7.55. The molecular formula is C12H18ClNO2S. The first-order chi connectivity index (χ1) is 7.87. The SMILES string of the molecule is CS(=O)(=O)CCC[C@@H](N)Cc1cccc(Cl)c1. The third kappa shape index (κ3) is 6.66. The van der Waals surface area contributed by atoms with Gasteiger partial charge >= 0.3 is 0 Å². The Labute approximate surface area is 108 Å². The third-order valence-corrected chi connectivity index (χ3v) is 3.74. The van der Waals surface area contributed by atoms with E-state index in [1.807, 2.05) is 24.3 Å². The van der Waals surface area contributed by atoms with Crippen molar-refractivity contribution in [2.24, 2.45) is 5.73 Å². The second kappa shape index (κ2) is 6.38. The van der Waals surface area contributed by atoms with E-state index in [1.165, 1.54) is 6.26 Å². The highest BCUT2D eigenvalue weighted by atomic mass is 35.5. The Morgan fingerprint density at radius 1 is 1.41 bits per heavy atom. The molecule has 1 aromatic carbocycles. The Bertz CT molecular complexity index is 459. The maximum absolute atomic E-state index is 11.0. The molecule has 17 heavy (non-hydrogen) atoms. The molecule has 0 aliphatic carbocycles. The van der Waals surface area contributed by atoms with E-state index in [1.54, 1.807) is 0 Å². The van der Waals surface area contributed by atoms with Crippen molar-refractivity contribution in [3.05, 3.63) is 34.9 Å². The van der Waals surface area contributed by atoms with Gasteiger partial charge in [-0.05, 0) is 37.0 Å². The lowest BCUT2D eigenvalue weighted by Crippen LogP contribution is -2.23. The van der Waals surface area contributed by atoms with Crippen molar-refractivity contribution in [3.63, 3.8) is 0 Å². The zero-order valence-corrected chi connectivity index (χ0v) is 11.5. The van der Waals surface area contributed by atoms with Crippen molar-refractivity contribution in [1.29, 1.82) is 0 Å². The Hall–Kier alpha value is -0.580. The molecule has 0 unspecified atom stereocenters. The summed E-state index contributed by atoms with van der Waals surface area (Å²) in [6.45, 7) is 0. The molecule has 0 aliphatic heterocycles. The van der Waals surface area contributed by atoms with Crippen molar-refractivity contribution < 1.29 is 8.42 Å². The van der Waals surface area contributed by atoms with Crippen molar-refractivity contribution in [2.75, 3.05) is 12.0 Å². The predicted octanol–water partition coefficient (Wildman–Crippen LogP) is 2.03. The average Bonchev–Trinajstić information content (AvgIpc) is 2.15. The fraction of sp³-hybridized carbons (Fsp3) is 0.500. The number of hydrogen-bond acceptors (Lipinski definition) is 3. The van der Waals surface area contributed by atoms with Crippen molar-refractivity contribution >= 4 is 21.4 Å². The summed E-state index contributed by atoms with van der Waals surface area (Å²) in [5.74, 6) is 0.205. The molecule has 0 spiro atoms. The van der Waals surface area contributed by atoms with Crippen LogP contribution in [0.25, 0.3) is 0 Å². The van der Waals surface area contributed by atoms with E-state index in [4.69, 9.17) is 17.3 Å². The van der Waals surface area contributed by atoms with Crippen LogP contribution in [0.1, 0.15) is 18.4 Å². The molecule has 1 atom stereocenters. The first-order valence-electron chi connectivity index (χ1n) is 5.54. The van der Waals surface area contributed by atoms with Crippen LogP contribution in [0, 0.1) is 0 Å². The van der Waals surface area contributed by atoms with E-state index in [-0.39, 0.29) is 11.8 Å². The van der Waals surface area contributed by atoms with Gasteiger partial charge in [0.1, 0.15) is 9.84 Å². The van der Waals surface area contributed by atoms with E-state index in [0.717, 1.165) is 12.0 Å². The molecule has 0 heterocycles. The summed E-state index contributed by atoms with van der Waals surface area (Å²) in [7, 11) is -2.88. The molecule has 0 amide bonds. The van der Waals surface area contributed by atoms with Gasteiger partial charge in [0.15, 0.2) is 0 Å². The zero-order valence-electron chi connectivity index (χ0n) is 9.90. The van der Waals surface area contributed by atoms with Crippen molar-refractivity contribution in [2.45, 2.75) is 25.3 Å². The van der Waals surface area contributed by atoms with Gasteiger partial charge in [-0.25, -0.2) is 8.42 Å². The Morgan fingerprint density at radius 2 is 2.12 bits per heavy atom. The Morgan fingerprint density at radius 3 is 2.71 bits per heavy atom. The lowest BCUT2D eigenvalue weighted by atomic mass is 10.0. The molecule has 0 saturated heterocycles. The van der Waals surface area contributed by atoms with Gasteiger partial charge in [-0.2, -0.15) is 0 Å². The van der Waals surface area contributed by atoms with Crippen LogP contribution in [-0.4, -0.2) is 26.5 Å². The first-order valence-corrected chi connectivity index (χ1v) is 7.98. The van der Waals surface area contributed by atoms with E-state index < -0.39 is 9.84 Å². The number of benzene rings is 1. The topological polar surface area (TPSA) is 60.2 Å². The van der Waals surface area contributed by atoms with Gasteiger partial charge in [0.2, 0.25) is 0 Å². The van der Waals surface area contributed by atoms with E-state index in [2.05, 4.69) is 0 Å². The first kappa shape index (κ1) is 14.5. The quantitative estimate of drug-likeness (QED) is 0.864. The highest BCUT2D eigenvalue weighted by Gasteiger charge is 2.07. The number of halogens is 1. The highest BCUT2D eigenvalue weighted by Crippen LogP contribution is 2.13. The molecule has 5 heteroatoms. The molecular weight excluding hydrogens is 258 g/mol. The van der Waals surface area contributed by atoms with Gasteiger partial charge in [0, 0.05) is 23.1 Å². The molecule has 96 valence electrons. The third-order valence-electron chi connectivity index (χ3n) is 2.48. The summed E-state index contributed by atoms with van der Waals surface area (Å²) >= 11 is 5.87. The highest BCUT2D eigenvalue weighted by molar-refractivity contribution is 7.90. The minimum absolute atomic E-state index is 0.0183. The van der Waals surface area contributed by atoms with Crippen LogP contribution >= 0.6 is 11.6 Å². The lowest BCUT2D eigenvalue weighted by Gasteiger charge is -2.11. The lowest BCUT2D eigenvalue weighted by molar-refractivity contribution is 0.577. The molecule has 1 aromatic rings. The maximum atomic E-state index is 11.0. The van der Waals surface area contributed by atoms with Gasteiger partial charge in [-0.3, -0.25) is 0 Å². The molecule has 0 aliphatic rings.